The van der Waals surface area contributed by atoms with E-state index in [1.165, 1.54) is 12.1 Å². The first-order valence-corrected chi connectivity index (χ1v) is 5.75. The number of nitrogens with one attached hydrogen (secondary N) is 1. The maximum atomic E-state index is 12.9. The average molecular weight is 242 g/mol. The molecule has 1 N–H and O–H groups in total. The summed E-state index contributed by atoms with van der Waals surface area (Å²) in [6.45, 7) is 8.83. The third kappa shape index (κ3) is 3.62. The average Bonchev–Trinajstić information content (AvgIpc) is 2.20. The fourth-order valence-corrected chi connectivity index (χ4v) is 1.82. The number of halogens is 2. The molecule has 0 amide bonds. The van der Waals surface area contributed by atoms with E-state index in [0.717, 1.165) is 24.1 Å². The highest BCUT2D eigenvalue weighted by Crippen LogP contribution is 2.20. The summed E-state index contributed by atoms with van der Waals surface area (Å²) in [5.74, 6) is -0.302. The first-order chi connectivity index (χ1) is 7.54. The molecule has 0 aromatic heterocycles. The second-order valence-corrected chi connectivity index (χ2v) is 4.30. The molecular weight excluding hydrogens is 225 g/mol. The highest BCUT2D eigenvalue weighted by Gasteiger charge is 2.11. The topological polar surface area (TPSA) is 12.0 Å². The molecule has 0 aliphatic carbocycles. The van der Waals surface area contributed by atoms with Gasteiger partial charge in [-0.25, -0.2) is 4.39 Å². The Morgan fingerprint density at radius 1 is 1.56 bits per heavy atom. The lowest BCUT2D eigenvalue weighted by Gasteiger charge is -2.18. The van der Waals surface area contributed by atoms with E-state index in [0.29, 0.717) is 5.02 Å². The maximum Gasteiger partial charge on any atom is 0.124 e. The molecule has 0 fully saturated rings. The van der Waals surface area contributed by atoms with Crippen LogP contribution in [0, 0.1) is 5.82 Å². The van der Waals surface area contributed by atoms with Crippen LogP contribution in [-0.4, -0.2) is 12.6 Å². The highest BCUT2D eigenvalue weighted by molar-refractivity contribution is 6.31. The van der Waals surface area contributed by atoms with Gasteiger partial charge in [-0.1, -0.05) is 36.7 Å². The van der Waals surface area contributed by atoms with E-state index in [-0.39, 0.29) is 11.9 Å². The standard InChI is InChI=1S/C13H17ClFN/c1-4-16-13(9(2)3)7-10-5-6-11(15)8-12(10)14/h5-6,8,13,16H,2,4,7H2,1,3H3. The molecule has 0 spiro atoms. The third-order valence-electron chi connectivity index (χ3n) is 2.48. The van der Waals surface area contributed by atoms with Gasteiger partial charge in [0.05, 0.1) is 0 Å². The molecule has 0 bridgehead atoms. The molecule has 3 heteroatoms. The summed E-state index contributed by atoms with van der Waals surface area (Å²) in [6, 6.07) is 4.69. The molecule has 0 saturated heterocycles. The lowest BCUT2D eigenvalue weighted by Crippen LogP contribution is -2.31. The van der Waals surface area contributed by atoms with Gasteiger partial charge in [0, 0.05) is 11.1 Å². The Kier molecular flexibility index (Phi) is 4.97. The predicted molar refractivity (Wildman–Crippen MR) is 67.4 cm³/mol. The number of hydrogen-bond acceptors (Lipinski definition) is 1. The molecule has 88 valence electrons. The number of benzene rings is 1. The van der Waals surface area contributed by atoms with E-state index in [2.05, 4.69) is 11.9 Å². The Labute approximate surface area is 101 Å². The van der Waals surface area contributed by atoms with Crippen LogP contribution in [0.3, 0.4) is 0 Å². The van der Waals surface area contributed by atoms with Gasteiger partial charge in [0.2, 0.25) is 0 Å². The SMILES string of the molecule is C=C(C)C(Cc1ccc(F)cc1Cl)NCC. The summed E-state index contributed by atoms with van der Waals surface area (Å²) < 4.78 is 12.9. The minimum Gasteiger partial charge on any atom is -0.310 e. The first kappa shape index (κ1) is 13.2. The first-order valence-electron chi connectivity index (χ1n) is 5.37. The van der Waals surface area contributed by atoms with Gasteiger partial charge in [-0.2, -0.15) is 0 Å². The smallest absolute Gasteiger partial charge is 0.124 e. The van der Waals surface area contributed by atoms with Crippen molar-refractivity contribution in [2.24, 2.45) is 0 Å². The Bertz CT molecular complexity index is 376. The summed E-state index contributed by atoms with van der Waals surface area (Å²) in [4.78, 5) is 0. The molecule has 1 nitrogen and oxygen atoms in total. The fourth-order valence-electron chi connectivity index (χ4n) is 1.57. The Balaban J connectivity index is 2.81. The zero-order chi connectivity index (χ0) is 12.1. The van der Waals surface area contributed by atoms with Gasteiger partial charge in [0.1, 0.15) is 5.82 Å². The molecule has 0 radical (unpaired) electrons. The minimum absolute atomic E-state index is 0.188. The largest absolute Gasteiger partial charge is 0.310 e. The van der Waals surface area contributed by atoms with E-state index in [9.17, 15) is 4.39 Å². The van der Waals surface area contributed by atoms with Crippen LogP contribution in [-0.2, 0) is 6.42 Å². The van der Waals surface area contributed by atoms with Gasteiger partial charge in [-0.05, 0) is 37.6 Å². The van der Waals surface area contributed by atoms with Gasteiger partial charge in [-0.3, -0.25) is 0 Å². The van der Waals surface area contributed by atoms with Gasteiger partial charge in [0.25, 0.3) is 0 Å². The molecule has 0 aliphatic heterocycles. The Hall–Kier alpha value is -0.860. The van der Waals surface area contributed by atoms with Crippen molar-refractivity contribution in [3.05, 3.63) is 46.8 Å². The van der Waals surface area contributed by atoms with Crippen LogP contribution >= 0.6 is 11.6 Å². The summed E-state index contributed by atoms with van der Waals surface area (Å²) in [6.07, 6.45) is 0.738. The molecule has 1 atom stereocenters. The van der Waals surface area contributed by atoms with Crippen molar-refractivity contribution in [3.63, 3.8) is 0 Å². The summed E-state index contributed by atoms with van der Waals surface area (Å²) in [5.41, 5.74) is 2.00. The number of hydrogen-bond donors (Lipinski definition) is 1. The molecule has 1 rings (SSSR count). The van der Waals surface area contributed by atoms with Crippen molar-refractivity contribution in [1.29, 1.82) is 0 Å². The van der Waals surface area contributed by atoms with Crippen molar-refractivity contribution >= 4 is 11.6 Å². The summed E-state index contributed by atoms with van der Waals surface area (Å²) >= 11 is 5.98. The van der Waals surface area contributed by atoms with Gasteiger partial charge in [-0.15, -0.1) is 0 Å². The van der Waals surface area contributed by atoms with Crippen LogP contribution in [0.1, 0.15) is 19.4 Å². The van der Waals surface area contributed by atoms with Crippen LogP contribution in [0.5, 0.6) is 0 Å². The Morgan fingerprint density at radius 3 is 2.75 bits per heavy atom. The molecule has 1 aromatic carbocycles. The molecule has 0 saturated carbocycles. The highest BCUT2D eigenvalue weighted by atomic mass is 35.5. The molecule has 0 heterocycles. The van der Waals surface area contributed by atoms with Crippen LogP contribution < -0.4 is 5.32 Å². The monoisotopic (exact) mass is 241 g/mol. The van der Waals surface area contributed by atoms with Crippen molar-refractivity contribution in [3.8, 4) is 0 Å². The predicted octanol–water partition coefficient (Wildman–Crippen LogP) is 3.58. The normalized spacial score (nSPS) is 12.5. The van der Waals surface area contributed by atoms with Crippen molar-refractivity contribution in [2.75, 3.05) is 6.54 Å². The minimum atomic E-state index is -0.302. The molecular formula is C13H17ClFN. The van der Waals surface area contributed by atoms with E-state index >= 15 is 0 Å². The summed E-state index contributed by atoms with van der Waals surface area (Å²) in [5, 5.41) is 3.80. The van der Waals surface area contributed by atoms with Crippen LogP contribution in [0.4, 0.5) is 4.39 Å². The number of likely N-dealkylation sites (N-methyl/N-ethyl adjacent to an activating group) is 1. The molecule has 1 unspecified atom stereocenters. The van der Waals surface area contributed by atoms with Crippen molar-refractivity contribution in [1.82, 2.24) is 5.32 Å². The van der Waals surface area contributed by atoms with Gasteiger partial charge in [0.15, 0.2) is 0 Å². The summed E-state index contributed by atoms with van der Waals surface area (Å²) in [7, 11) is 0. The van der Waals surface area contributed by atoms with E-state index < -0.39 is 0 Å². The number of rotatable bonds is 5. The van der Waals surface area contributed by atoms with Crippen molar-refractivity contribution < 1.29 is 4.39 Å². The molecule has 1 aromatic rings. The zero-order valence-electron chi connectivity index (χ0n) is 9.69. The molecule has 16 heavy (non-hydrogen) atoms. The molecule has 0 aliphatic rings. The zero-order valence-corrected chi connectivity index (χ0v) is 10.4. The lowest BCUT2D eigenvalue weighted by atomic mass is 10.0. The van der Waals surface area contributed by atoms with Gasteiger partial charge < -0.3 is 5.32 Å². The van der Waals surface area contributed by atoms with Gasteiger partial charge >= 0.3 is 0 Å². The Morgan fingerprint density at radius 2 is 2.25 bits per heavy atom. The van der Waals surface area contributed by atoms with E-state index in [1.54, 1.807) is 6.07 Å². The van der Waals surface area contributed by atoms with Crippen LogP contribution in [0.2, 0.25) is 5.02 Å². The van der Waals surface area contributed by atoms with Crippen LogP contribution in [0.25, 0.3) is 0 Å². The second kappa shape index (κ2) is 6.02. The van der Waals surface area contributed by atoms with Crippen LogP contribution in [0.15, 0.2) is 30.4 Å². The maximum absolute atomic E-state index is 12.9. The van der Waals surface area contributed by atoms with Crippen molar-refractivity contribution in [2.45, 2.75) is 26.3 Å². The quantitative estimate of drug-likeness (QED) is 0.777. The lowest BCUT2D eigenvalue weighted by molar-refractivity contribution is 0.585. The van der Waals surface area contributed by atoms with E-state index in [4.69, 9.17) is 11.6 Å². The second-order valence-electron chi connectivity index (χ2n) is 3.90. The van der Waals surface area contributed by atoms with E-state index in [1.807, 2.05) is 13.8 Å². The fraction of sp³-hybridized carbons (Fsp3) is 0.385. The third-order valence-corrected chi connectivity index (χ3v) is 2.84.